The molecular formula is C17H36N2O. The first kappa shape index (κ1) is 17.9. The summed E-state index contributed by atoms with van der Waals surface area (Å²) in [7, 11) is 1.82. The Morgan fingerprint density at radius 1 is 1.25 bits per heavy atom. The van der Waals surface area contributed by atoms with Crippen LogP contribution in [0.25, 0.3) is 0 Å². The van der Waals surface area contributed by atoms with Crippen LogP contribution in [-0.4, -0.2) is 50.3 Å². The first-order valence-corrected chi connectivity index (χ1v) is 8.24. The zero-order valence-electron chi connectivity index (χ0n) is 14.6. The largest absolute Gasteiger partial charge is 0.384 e. The second kappa shape index (κ2) is 7.77. The van der Waals surface area contributed by atoms with Gasteiger partial charge in [-0.3, -0.25) is 0 Å². The monoisotopic (exact) mass is 284 g/mol. The fraction of sp³-hybridized carbons (Fsp3) is 1.00. The molecule has 120 valence electrons. The van der Waals surface area contributed by atoms with Crippen molar-refractivity contribution in [2.45, 2.75) is 59.4 Å². The van der Waals surface area contributed by atoms with Crippen molar-refractivity contribution in [1.29, 1.82) is 0 Å². The molecule has 3 nitrogen and oxygen atoms in total. The van der Waals surface area contributed by atoms with Gasteiger partial charge < -0.3 is 15.0 Å². The van der Waals surface area contributed by atoms with E-state index in [2.05, 4.69) is 44.8 Å². The van der Waals surface area contributed by atoms with Crippen LogP contribution in [0.5, 0.6) is 0 Å². The van der Waals surface area contributed by atoms with E-state index in [1.165, 1.54) is 38.9 Å². The summed E-state index contributed by atoms with van der Waals surface area (Å²) in [6, 6.07) is 0. The van der Waals surface area contributed by atoms with Crippen LogP contribution in [0.1, 0.15) is 53.9 Å². The zero-order valence-corrected chi connectivity index (χ0v) is 14.6. The maximum atomic E-state index is 5.34. The number of piperidine rings is 1. The van der Waals surface area contributed by atoms with E-state index in [4.69, 9.17) is 4.74 Å². The van der Waals surface area contributed by atoms with Gasteiger partial charge in [0.05, 0.1) is 6.61 Å². The molecule has 0 aliphatic carbocycles. The van der Waals surface area contributed by atoms with Crippen LogP contribution >= 0.6 is 0 Å². The lowest BCUT2D eigenvalue weighted by atomic mass is 9.84. The molecule has 1 aliphatic heterocycles. The van der Waals surface area contributed by atoms with Crippen molar-refractivity contribution in [2.75, 3.05) is 39.9 Å². The molecule has 3 heteroatoms. The predicted molar refractivity (Wildman–Crippen MR) is 87.2 cm³/mol. The van der Waals surface area contributed by atoms with Crippen LogP contribution in [0.2, 0.25) is 0 Å². The first-order chi connectivity index (χ1) is 9.28. The van der Waals surface area contributed by atoms with Crippen LogP contribution < -0.4 is 5.32 Å². The van der Waals surface area contributed by atoms with E-state index in [9.17, 15) is 0 Å². The molecule has 1 heterocycles. The van der Waals surface area contributed by atoms with E-state index >= 15 is 0 Å². The van der Waals surface area contributed by atoms with Crippen LogP contribution in [0, 0.1) is 11.3 Å². The highest BCUT2D eigenvalue weighted by atomic mass is 16.5. The van der Waals surface area contributed by atoms with Gasteiger partial charge >= 0.3 is 0 Å². The molecule has 1 fully saturated rings. The van der Waals surface area contributed by atoms with Gasteiger partial charge in [-0.05, 0) is 57.9 Å². The fourth-order valence-corrected chi connectivity index (χ4v) is 2.98. The first-order valence-electron chi connectivity index (χ1n) is 8.24. The lowest BCUT2D eigenvalue weighted by molar-refractivity contribution is 0.0635. The van der Waals surface area contributed by atoms with E-state index in [1.807, 2.05) is 7.11 Å². The number of hydrogen-bond acceptors (Lipinski definition) is 3. The Kier molecular flexibility index (Phi) is 6.96. The van der Waals surface area contributed by atoms with Gasteiger partial charge in [0.25, 0.3) is 0 Å². The number of ether oxygens (including phenoxy) is 1. The fourth-order valence-electron chi connectivity index (χ4n) is 2.98. The maximum Gasteiger partial charge on any atom is 0.0502 e. The summed E-state index contributed by atoms with van der Waals surface area (Å²) in [5.74, 6) is 0.727. The van der Waals surface area contributed by atoms with Crippen molar-refractivity contribution >= 4 is 0 Å². The SMILES string of the molecule is CCC(C)(CNC(C)(C)C)CN1CCCC(COC)C1. The highest BCUT2D eigenvalue weighted by Gasteiger charge is 2.29. The molecule has 0 spiro atoms. The van der Waals surface area contributed by atoms with Gasteiger partial charge in [0, 0.05) is 32.3 Å². The van der Waals surface area contributed by atoms with Crippen molar-refractivity contribution in [3.05, 3.63) is 0 Å². The summed E-state index contributed by atoms with van der Waals surface area (Å²) < 4.78 is 5.34. The van der Waals surface area contributed by atoms with Gasteiger partial charge in [-0.25, -0.2) is 0 Å². The third kappa shape index (κ3) is 6.55. The number of nitrogens with zero attached hydrogens (tertiary/aromatic N) is 1. The lowest BCUT2D eigenvalue weighted by Crippen LogP contribution is -2.49. The Morgan fingerprint density at radius 2 is 1.95 bits per heavy atom. The second-order valence-corrected chi connectivity index (χ2v) is 7.97. The molecule has 1 aliphatic rings. The van der Waals surface area contributed by atoms with Crippen molar-refractivity contribution < 1.29 is 4.74 Å². The quantitative estimate of drug-likeness (QED) is 0.777. The van der Waals surface area contributed by atoms with E-state index in [0.717, 1.165) is 19.1 Å². The topological polar surface area (TPSA) is 24.5 Å². The van der Waals surface area contributed by atoms with Gasteiger partial charge in [-0.15, -0.1) is 0 Å². The van der Waals surface area contributed by atoms with Crippen LogP contribution in [0.15, 0.2) is 0 Å². The Hall–Kier alpha value is -0.120. The minimum Gasteiger partial charge on any atom is -0.384 e. The zero-order chi connectivity index (χ0) is 15.2. The minimum atomic E-state index is 0.205. The lowest BCUT2D eigenvalue weighted by Gasteiger charge is -2.40. The molecule has 1 saturated heterocycles. The van der Waals surface area contributed by atoms with E-state index in [1.54, 1.807) is 0 Å². The summed E-state index contributed by atoms with van der Waals surface area (Å²) in [4.78, 5) is 2.65. The molecule has 0 saturated carbocycles. The van der Waals surface area contributed by atoms with Gasteiger partial charge in [-0.2, -0.15) is 0 Å². The summed E-state index contributed by atoms with van der Waals surface area (Å²) in [5.41, 5.74) is 0.569. The summed E-state index contributed by atoms with van der Waals surface area (Å²) in [6.45, 7) is 17.2. The Balaban J connectivity index is 2.49. The number of likely N-dealkylation sites (tertiary alicyclic amines) is 1. The Morgan fingerprint density at radius 3 is 2.50 bits per heavy atom. The van der Waals surface area contributed by atoms with Gasteiger partial charge in [0.15, 0.2) is 0 Å². The van der Waals surface area contributed by atoms with Crippen LogP contribution in [-0.2, 0) is 4.74 Å². The standard InChI is InChI=1S/C17H36N2O/c1-7-17(5,13-18-16(2,3)4)14-19-10-8-9-15(11-19)12-20-6/h15,18H,7-14H2,1-6H3. The molecule has 2 atom stereocenters. The third-order valence-corrected chi connectivity index (χ3v) is 4.51. The average Bonchev–Trinajstić information content (AvgIpc) is 2.37. The van der Waals surface area contributed by atoms with Crippen molar-refractivity contribution in [3.8, 4) is 0 Å². The summed E-state index contributed by atoms with van der Waals surface area (Å²) in [5, 5.41) is 3.69. The summed E-state index contributed by atoms with van der Waals surface area (Å²) >= 11 is 0. The van der Waals surface area contributed by atoms with Crippen LogP contribution in [0.4, 0.5) is 0 Å². The van der Waals surface area contributed by atoms with E-state index in [-0.39, 0.29) is 5.54 Å². The Bertz CT molecular complexity index is 273. The smallest absolute Gasteiger partial charge is 0.0502 e. The molecule has 0 radical (unpaired) electrons. The number of methoxy groups -OCH3 is 1. The van der Waals surface area contributed by atoms with E-state index < -0.39 is 0 Å². The van der Waals surface area contributed by atoms with Crippen LogP contribution in [0.3, 0.4) is 0 Å². The van der Waals surface area contributed by atoms with Crippen molar-refractivity contribution in [1.82, 2.24) is 10.2 Å². The van der Waals surface area contributed by atoms with E-state index in [0.29, 0.717) is 5.41 Å². The van der Waals surface area contributed by atoms with Gasteiger partial charge in [0.2, 0.25) is 0 Å². The molecular weight excluding hydrogens is 248 g/mol. The van der Waals surface area contributed by atoms with Crippen molar-refractivity contribution in [3.63, 3.8) is 0 Å². The molecule has 0 amide bonds. The summed E-state index contributed by atoms with van der Waals surface area (Å²) in [6.07, 6.45) is 3.87. The highest BCUT2D eigenvalue weighted by Crippen LogP contribution is 2.26. The van der Waals surface area contributed by atoms with Gasteiger partial charge in [0.1, 0.15) is 0 Å². The second-order valence-electron chi connectivity index (χ2n) is 7.97. The molecule has 0 aromatic carbocycles. The number of nitrogens with one attached hydrogen (secondary N) is 1. The molecule has 0 aromatic heterocycles. The van der Waals surface area contributed by atoms with Crippen molar-refractivity contribution in [2.24, 2.45) is 11.3 Å². The number of hydrogen-bond donors (Lipinski definition) is 1. The molecule has 0 aromatic rings. The molecule has 0 bridgehead atoms. The Labute approximate surface area is 126 Å². The molecule has 1 rings (SSSR count). The highest BCUT2D eigenvalue weighted by molar-refractivity contribution is 4.85. The molecule has 1 N–H and O–H groups in total. The maximum absolute atomic E-state index is 5.34. The molecule has 20 heavy (non-hydrogen) atoms. The third-order valence-electron chi connectivity index (χ3n) is 4.51. The number of rotatable bonds is 7. The normalized spacial score (nSPS) is 24.6. The predicted octanol–water partition coefficient (Wildman–Crippen LogP) is 3.15. The minimum absolute atomic E-state index is 0.205. The van der Waals surface area contributed by atoms with Gasteiger partial charge in [-0.1, -0.05) is 13.8 Å². The molecule has 2 unspecified atom stereocenters. The average molecular weight is 284 g/mol.